The van der Waals surface area contributed by atoms with E-state index in [0.29, 0.717) is 6.54 Å². The molecule has 2 aromatic heterocycles. The number of aromatic nitrogens is 2. The lowest BCUT2D eigenvalue weighted by atomic mass is 10.2. The van der Waals surface area contributed by atoms with Gasteiger partial charge in [-0.2, -0.15) is 0 Å². The predicted molar refractivity (Wildman–Crippen MR) is 99.7 cm³/mol. The molecule has 6 heteroatoms. The lowest BCUT2D eigenvalue weighted by Crippen LogP contribution is -2.37. The van der Waals surface area contributed by atoms with Crippen LogP contribution in [0.2, 0.25) is 0 Å². The number of likely N-dealkylation sites (tertiary alicyclic amines) is 1. The largest absolute Gasteiger partial charge is 0.465 e. The molecule has 1 amide bonds. The number of furan rings is 1. The van der Waals surface area contributed by atoms with Crippen LogP contribution in [0.15, 0.2) is 47.1 Å². The van der Waals surface area contributed by atoms with Gasteiger partial charge in [0.05, 0.1) is 23.4 Å². The second-order valence-electron chi connectivity index (χ2n) is 6.87. The molecule has 0 saturated carbocycles. The molecule has 26 heavy (non-hydrogen) atoms. The van der Waals surface area contributed by atoms with E-state index in [1.807, 2.05) is 47.9 Å². The van der Waals surface area contributed by atoms with Crippen LogP contribution in [0.3, 0.4) is 0 Å². The van der Waals surface area contributed by atoms with Crippen molar-refractivity contribution < 1.29 is 9.21 Å². The van der Waals surface area contributed by atoms with E-state index in [2.05, 4.69) is 15.2 Å². The average molecular weight is 352 g/mol. The predicted octanol–water partition coefficient (Wildman–Crippen LogP) is 2.89. The van der Waals surface area contributed by atoms with Crippen LogP contribution in [0.25, 0.3) is 11.0 Å². The summed E-state index contributed by atoms with van der Waals surface area (Å²) >= 11 is 0. The summed E-state index contributed by atoms with van der Waals surface area (Å²) in [5.41, 5.74) is 1.88. The van der Waals surface area contributed by atoms with Crippen LogP contribution in [0.5, 0.6) is 0 Å². The molecule has 1 aliphatic rings. The molecule has 6 nitrogen and oxygen atoms in total. The van der Waals surface area contributed by atoms with Gasteiger partial charge in [-0.05, 0) is 57.1 Å². The minimum Gasteiger partial charge on any atom is -0.465 e. The number of imidazole rings is 1. The first-order chi connectivity index (χ1) is 12.7. The Morgan fingerprint density at radius 2 is 2.04 bits per heavy atom. The van der Waals surface area contributed by atoms with Crippen LogP contribution in [-0.2, 0) is 11.3 Å². The number of para-hydroxylation sites is 2. The van der Waals surface area contributed by atoms with Gasteiger partial charge < -0.3 is 14.3 Å². The Balaban J connectivity index is 1.42. The Morgan fingerprint density at radius 1 is 1.23 bits per heavy atom. The molecule has 1 N–H and O–H groups in total. The number of aryl methyl sites for hydroxylation is 1. The number of amides is 1. The number of benzene rings is 1. The number of carbonyl (C=O) groups excluding carboxylic acids is 1. The van der Waals surface area contributed by atoms with Gasteiger partial charge in [0.15, 0.2) is 0 Å². The molecule has 0 aliphatic carbocycles. The lowest BCUT2D eigenvalue weighted by Gasteiger charge is -2.26. The second-order valence-corrected chi connectivity index (χ2v) is 6.87. The van der Waals surface area contributed by atoms with Crippen molar-refractivity contribution >= 4 is 16.9 Å². The van der Waals surface area contributed by atoms with Crippen molar-refractivity contribution in [2.75, 3.05) is 19.6 Å². The summed E-state index contributed by atoms with van der Waals surface area (Å²) in [5, 5.41) is 3.08. The molecule has 1 aromatic carbocycles. The van der Waals surface area contributed by atoms with Gasteiger partial charge in [0.25, 0.3) is 0 Å². The first-order valence-electron chi connectivity index (χ1n) is 9.17. The van der Waals surface area contributed by atoms with Gasteiger partial charge in [-0.1, -0.05) is 12.1 Å². The first-order valence-corrected chi connectivity index (χ1v) is 9.17. The number of hydrogen-bond donors (Lipinski definition) is 1. The number of nitrogens with zero attached hydrogens (tertiary/aromatic N) is 3. The van der Waals surface area contributed by atoms with Crippen molar-refractivity contribution in [3.8, 4) is 0 Å². The molecular weight excluding hydrogens is 328 g/mol. The Hall–Kier alpha value is -2.60. The Labute approximate surface area is 152 Å². The molecule has 1 aliphatic heterocycles. The molecular formula is C20H24N4O2. The normalized spacial score (nSPS) is 16.2. The summed E-state index contributed by atoms with van der Waals surface area (Å²) in [6.45, 7) is 4.87. The molecule has 3 aromatic rings. The Bertz CT molecular complexity index is 892. The van der Waals surface area contributed by atoms with Gasteiger partial charge in [-0.25, -0.2) is 4.98 Å². The lowest BCUT2D eigenvalue weighted by molar-refractivity contribution is -0.121. The number of hydrogen-bond acceptors (Lipinski definition) is 4. The maximum atomic E-state index is 12.5. The number of fused-ring (bicyclic) bond motifs is 1. The van der Waals surface area contributed by atoms with Crippen molar-refractivity contribution in [3.05, 3.63) is 54.2 Å². The third-order valence-corrected chi connectivity index (χ3v) is 5.00. The standard InChI is InChI=1S/C20H24N4O2/c1-15-8-9-19(26-15)18(23-10-4-5-11-23)12-21-20(25)13-24-14-22-16-6-2-3-7-17(16)24/h2-3,6-9,14,18H,4-5,10-13H2,1H3,(H,21,25). The molecule has 0 radical (unpaired) electrons. The quantitative estimate of drug-likeness (QED) is 0.741. The van der Waals surface area contributed by atoms with Gasteiger partial charge in [-0.3, -0.25) is 9.69 Å². The maximum absolute atomic E-state index is 12.5. The zero-order chi connectivity index (χ0) is 17.9. The summed E-state index contributed by atoms with van der Waals surface area (Å²) < 4.78 is 7.73. The van der Waals surface area contributed by atoms with Gasteiger partial charge in [0.1, 0.15) is 18.1 Å². The summed E-state index contributed by atoms with van der Waals surface area (Å²) in [5.74, 6) is 1.82. The fourth-order valence-electron chi connectivity index (χ4n) is 3.65. The zero-order valence-electron chi connectivity index (χ0n) is 15.0. The maximum Gasteiger partial charge on any atom is 0.240 e. The summed E-state index contributed by atoms with van der Waals surface area (Å²) in [7, 11) is 0. The van der Waals surface area contributed by atoms with Crippen LogP contribution < -0.4 is 5.32 Å². The number of carbonyl (C=O) groups is 1. The highest BCUT2D eigenvalue weighted by Crippen LogP contribution is 2.26. The summed E-state index contributed by atoms with van der Waals surface area (Å²) in [4.78, 5) is 19.2. The Morgan fingerprint density at radius 3 is 2.81 bits per heavy atom. The molecule has 4 rings (SSSR count). The minimum atomic E-state index is -0.0133. The topological polar surface area (TPSA) is 63.3 Å². The second kappa shape index (κ2) is 7.33. The zero-order valence-corrected chi connectivity index (χ0v) is 15.0. The molecule has 1 unspecified atom stereocenters. The van der Waals surface area contributed by atoms with E-state index in [9.17, 15) is 4.79 Å². The van der Waals surface area contributed by atoms with Crippen molar-refractivity contribution in [1.29, 1.82) is 0 Å². The third kappa shape index (κ3) is 3.51. The molecule has 1 fully saturated rings. The molecule has 136 valence electrons. The molecule has 1 saturated heterocycles. The van der Waals surface area contributed by atoms with E-state index in [4.69, 9.17) is 4.42 Å². The van der Waals surface area contributed by atoms with Gasteiger partial charge in [-0.15, -0.1) is 0 Å². The smallest absolute Gasteiger partial charge is 0.240 e. The summed E-state index contributed by atoms with van der Waals surface area (Å²) in [6.07, 6.45) is 4.12. The van der Waals surface area contributed by atoms with Gasteiger partial charge >= 0.3 is 0 Å². The highest BCUT2D eigenvalue weighted by atomic mass is 16.3. The van der Waals surface area contributed by atoms with Crippen molar-refractivity contribution in [2.24, 2.45) is 0 Å². The monoisotopic (exact) mass is 352 g/mol. The van der Waals surface area contributed by atoms with E-state index >= 15 is 0 Å². The number of rotatable bonds is 6. The third-order valence-electron chi connectivity index (χ3n) is 5.00. The molecule has 0 bridgehead atoms. The van der Waals surface area contributed by atoms with E-state index < -0.39 is 0 Å². The van der Waals surface area contributed by atoms with Gasteiger partial charge in [0.2, 0.25) is 5.91 Å². The van der Waals surface area contributed by atoms with Crippen molar-refractivity contribution in [3.63, 3.8) is 0 Å². The van der Waals surface area contributed by atoms with E-state index in [-0.39, 0.29) is 18.5 Å². The fourth-order valence-corrected chi connectivity index (χ4v) is 3.65. The minimum absolute atomic E-state index is 0.0133. The van der Waals surface area contributed by atoms with Crippen LogP contribution in [0, 0.1) is 6.92 Å². The van der Waals surface area contributed by atoms with E-state index in [1.165, 1.54) is 12.8 Å². The molecule has 1 atom stereocenters. The van der Waals surface area contributed by atoms with Crippen molar-refractivity contribution in [2.45, 2.75) is 32.4 Å². The van der Waals surface area contributed by atoms with Crippen LogP contribution in [-0.4, -0.2) is 40.0 Å². The van der Waals surface area contributed by atoms with Crippen LogP contribution in [0.1, 0.15) is 30.4 Å². The molecule has 3 heterocycles. The summed E-state index contributed by atoms with van der Waals surface area (Å²) in [6, 6.07) is 11.9. The molecule has 0 spiro atoms. The van der Waals surface area contributed by atoms with Gasteiger partial charge in [0, 0.05) is 6.54 Å². The SMILES string of the molecule is Cc1ccc(C(CNC(=O)Cn2cnc3ccccc32)N2CCCC2)o1. The van der Waals surface area contributed by atoms with Crippen LogP contribution >= 0.6 is 0 Å². The van der Waals surface area contributed by atoms with E-state index in [1.54, 1.807) is 6.33 Å². The highest BCUT2D eigenvalue weighted by Gasteiger charge is 2.26. The highest BCUT2D eigenvalue weighted by molar-refractivity contribution is 5.80. The van der Waals surface area contributed by atoms with Crippen LogP contribution in [0.4, 0.5) is 0 Å². The average Bonchev–Trinajstić information content (AvgIpc) is 3.38. The Kier molecular flexibility index (Phi) is 4.75. The fraction of sp³-hybridized carbons (Fsp3) is 0.400. The first kappa shape index (κ1) is 16.8. The van der Waals surface area contributed by atoms with Crippen molar-refractivity contribution in [1.82, 2.24) is 19.8 Å². The number of nitrogens with one attached hydrogen (secondary N) is 1. The van der Waals surface area contributed by atoms with E-state index in [0.717, 1.165) is 35.6 Å².